The molecule has 142 valence electrons. The lowest BCUT2D eigenvalue weighted by Crippen LogP contribution is -2.19. The van der Waals surface area contributed by atoms with Gasteiger partial charge in [0.1, 0.15) is 5.82 Å². The van der Waals surface area contributed by atoms with Crippen LogP contribution in [0.4, 0.5) is 17.6 Å². The summed E-state index contributed by atoms with van der Waals surface area (Å²) in [5, 5.41) is 0. The molecule has 1 fully saturated rings. The van der Waals surface area contributed by atoms with E-state index in [1.54, 1.807) is 0 Å². The van der Waals surface area contributed by atoms with Crippen LogP contribution in [0.3, 0.4) is 0 Å². The van der Waals surface area contributed by atoms with Crippen molar-refractivity contribution >= 4 is 0 Å². The van der Waals surface area contributed by atoms with Gasteiger partial charge >= 0.3 is 0 Å². The molecule has 0 aromatic heterocycles. The molecule has 0 saturated heterocycles. The largest absolute Gasteiger partial charge is 0.347 e. The average Bonchev–Trinajstić information content (AvgIpc) is 2.64. The van der Waals surface area contributed by atoms with Crippen LogP contribution in [0.25, 0.3) is 11.1 Å². The molecule has 0 spiro atoms. The molecule has 0 heterocycles. The summed E-state index contributed by atoms with van der Waals surface area (Å²) >= 11 is 0. The summed E-state index contributed by atoms with van der Waals surface area (Å²) in [4.78, 5) is 0. The number of rotatable bonds is 3. The highest BCUT2D eigenvalue weighted by Gasteiger charge is 2.18. The second-order valence-corrected chi connectivity index (χ2v) is 6.72. The number of aryl methyl sites for hydroxylation is 1. The number of hydrogen-bond acceptors (Lipinski definition) is 1. The van der Waals surface area contributed by atoms with Crippen LogP contribution in [0.5, 0.6) is 0 Å². The number of halogens is 4. The van der Waals surface area contributed by atoms with Gasteiger partial charge in [-0.05, 0) is 61.8 Å². The fourth-order valence-electron chi connectivity index (χ4n) is 2.98. The van der Waals surface area contributed by atoms with E-state index in [-0.39, 0.29) is 17.2 Å². The van der Waals surface area contributed by atoms with Gasteiger partial charge in [0.05, 0.1) is 6.10 Å². The summed E-state index contributed by atoms with van der Waals surface area (Å²) in [5.74, 6) is -1.34. The molecule has 0 atom stereocenters. The molecule has 0 aliphatic heterocycles. The van der Waals surface area contributed by atoms with Gasteiger partial charge in [-0.1, -0.05) is 31.2 Å². The van der Waals surface area contributed by atoms with Crippen LogP contribution in [-0.2, 0) is 4.74 Å². The zero-order valence-electron chi connectivity index (χ0n) is 15.1. The van der Waals surface area contributed by atoms with Gasteiger partial charge in [0.2, 0.25) is 0 Å². The van der Waals surface area contributed by atoms with Gasteiger partial charge in [0, 0.05) is 5.56 Å². The Labute approximate surface area is 152 Å². The molecule has 2 aromatic carbocycles. The summed E-state index contributed by atoms with van der Waals surface area (Å²) in [5.41, 5.74) is 0.851. The number of ether oxygens (including phenoxy) is 1. The van der Waals surface area contributed by atoms with Crippen molar-refractivity contribution < 1.29 is 22.3 Å². The lowest BCUT2D eigenvalue weighted by atomic mass is 9.89. The molecule has 5 heteroatoms. The van der Waals surface area contributed by atoms with Gasteiger partial charge in [-0.3, -0.25) is 0 Å². The SMILES string of the molecule is CC1CCC(OCF)CC1.Cc1ccc(-c2ccc(F)cc2)c(F)c1F. The van der Waals surface area contributed by atoms with Gasteiger partial charge in [-0.2, -0.15) is 0 Å². The van der Waals surface area contributed by atoms with E-state index in [2.05, 4.69) is 6.92 Å². The number of benzene rings is 2. The second-order valence-electron chi connectivity index (χ2n) is 6.72. The molecule has 1 saturated carbocycles. The second kappa shape index (κ2) is 9.72. The van der Waals surface area contributed by atoms with Crippen molar-refractivity contribution in [1.82, 2.24) is 0 Å². The normalized spacial score (nSPS) is 19.6. The monoisotopic (exact) mass is 368 g/mol. The molecular weight excluding hydrogens is 344 g/mol. The lowest BCUT2D eigenvalue weighted by Gasteiger charge is -2.24. The van der Waals surface area contributed by atoms with Crippen molar-refractivity contribution in [2.75, 3.05) is 6.86 Å². The summed E-state index contributed by atoms with van der Waals surface area (Å²) in [6.45, 7) is 3.12. The highest BCUT2D eigenvalue weighted by molar-refractivity contribution is 5.64. The van der Waals surface area contributed by atoms with Crippen LogP contribution in [0.1, 0.15) is 38.2 Å². The Kier molecular flexibility index (Phi) is 7.64. The average molecular weight is 368 g/mol. The summed E-state index contributed by atoms with van der Waals surface area (Å²) in [7, 11) is 0. The first kappa shape index (κ1) is 20.4. The first-order valence-electron chi connectivity index (χ1n) is 8.80. The number of alkyl halides is 1. The molecule has 0 bridgehead atoms. The van der Waals surface area contributed by atoms with E-state index in [0.717, 1.165) is 18.8 Å². The molecule has 0 N–H and O–H groups in total. The third kappa shape index (κ3) is 5.56. The predicted molar refractivity (Wildman–Crippen MR) is 95.0 cm³/mol. The zero-order valence-corrected chi connectivity index (χ0v) is 15.1. The van der Waals surface area contributed by atoms with Crippen LogP contribution >= 0.6 is 0 Å². The Bertz CT molecular complexity index is 692. The minimum absolute atomic E-state index is 0.142. The molecule has 1 aliphatic carbocycles. The predicted octanol–water partition coefficient (Wildman–Crippen LogP) is 6.59. The molecule has 3 rings (SSSR count). The Morgan fingerprint density at radius 2 is 1.50 bits per heavy atom. The van der Waals surface area contributed by atoms with Crippen molar-refractivity contribution in [3.63, 3.8) is 0 Å². The molecule has 0 unspecified atom stereocenters. The van der Waals surface area contributed by atoms with Gasteiger partial charge < -0.3 is 4.74 Å². The number of hydrogen-bond donors (Lipinski definition) is 0. The third-order valence-electron chi connectivity index (χ3n) is 4.69. The van der Waals surface area contributed by atoms with Crippen molar-refractivity contribution in [3.8, 4) is 11.1 Å². The summed E-state index contributed by atoms with van der Waals surface area (Å²) in [6.07, 6.45) is 4.70. The van der Waals surface area contributed by atoms with E-state index in [9.17, 15) is 17.6 Å². The van der Waals surface area contributed by atoms with Crippen LogP contribution in [0, 0.1) is 30.3 Å². The Morgan fingerprint density at radius 3 is 2.08 bits per heavy atom. The Morgan fingerprint density at radius 1 is 0.885 bits per heavy atom. The van der Waals surface area contributed by atoms with Crippen LogP contribution in [-0.4, -0.2) is 13.0 Å². The van der Waals surface area contributed by atoms with Gasteiger partial charge in [0.25, 0.3) is 0 Å². The van der Waals surface area contributed by atoms with Crippen LogP contribution in [0.15, 0.2) is 36.4 Å². The third-order valence-corrected chi connectivity index (χ3v) is 4.69. The van der Waals surface area contributed by atoms with Gasteiger partial charge in [-0.15, -0.1) is 0 Å². The van der Waals surface area contributed by atoms with Gasteiger partial charge in [-0.25, -0.2) is 17.6 Å². The molecule has 0 radical (unpaired) electrons. The quantitative estimate of drug-likeness (QED) is 0.556. The van der Waals surface area contributed by atoms with Crippen molar-refractivity contribution in [3.05, 3.63) is 59.4 Å². The maximum Gasteiger partial charge on any atom is 0.188 e. The standard InChI is InChI=1S/C13H9F3.C8H15FO/c1-8-2-7-11(13(16)12(8)15)9-3-5-10(14)6-4-9;1-7-2-4-8(5-3-7)10-6-9/h2-7H,1H3;7-8H,2-6H2,1H3. The fraction of sp³-hybridized carbons (Fsp3) is 0.429. The molecule has 26 heavy (non-hydrogen) atoms. The molecule has 0 amide bonds. The highest BCUT2D eigenvalue weighted by Crippen LogP contribution is 2.26. The van der Waals surface area contributed by atoms with Crippen molar-refractivity contribution in [1.29, 1.82) is 0 Å². The Balaban J connectivity index is 0.000000209. The minimum atomic E-state index is -0.897. The van der Waals surface area contributed by atoms with E-state index in [4.69, 9.17) is 4.74 Å². The smallest absolute Gasteiger partial charge is 0.188 e. The molecule has 1 nitrogen and oxygen atoms in total. The van der Waals surface area contributed by atoms with E-state index >= 15 is 0 Å². The topological polar surface area (TPSA) is 9.23 Å². The maximum atomic E-state index is 13.6. The lowest BCUT2D eigenvalue weighted by molar-refractivity contribution is -0.0274. The Hall–Kier alpha value is -1.88. The first-order chi connectivity index (χ1) is 12.4. The van der Waals surface area contributed by atoms with Crippen LogP contribution in [0.2, 0.25) is 0 Å². The highest BCUT2D eigenvalue weighted by atomic mass is 19.2. The van der Waals surface area contributed by atoms with Crippen molar-refractivity contribution in [2.24, 2.45) is 5.92 Å². The fourth-order valence-corrected chi connectivity index (χ4v) is 2.98. The summed E-state index contributed by atoms with van der Waals surface area (Å²) < 4.78 is 56.1. The summed E-state index contributed by atoms with van der Waals surface area (Å²) in [6, 6.07) is 8.25. The van der Waals surface area contributed by atoms with E-state index in [0.29, 0.717) is 5.56 Å². The van der Waals surface area contributed by atoms with Crippen LogP contribution < -0.4 is 0 Å². The van der Waals surface area contributed by atoms with Crippen molar-refractivity contribution in [2.45, 2.75) is 45.6 Å². The first-order valence-corrected chi connectivity index (χ1v) is 8.80. The molecule has 1 aliphatic rings. The molecule has 2 aromatic rings. The zero-order chi connectivity index (χ0) is 19.1. The van der Waals surface area contributed by atoms with E-state index < -0.39 is 24.3 Å². The maximum absolute atomic E-state index is 13.6. The van der Waals surface area contributed by atoms with E-state index in [1.165, 1.54) is 56.2 Å². The molecular formula is C21H24F4O. The minimum Gasteiger partial charge on any atom is -0.347 e. The van der Waals surface area contributed by atoms with Gasteiger partial charge in [0.15, 0.2) is 18.5 Å². The van der Waals surface area contributed by atoms with E-state index in [1.807, 2.05) is 0 Å².